The molecule has 1 amide bonds. The number of nitriles is 1. The molecule has 0 saturated carbocycles. The van der Waals surface area contributed by atoms with Crippen LogP contribution in [0.2, 0.25) is 0 Å². The second-order valence-corrected chi connectivity index (χ2v) is 9.30. The number of amides is 1. The number of nitrogens with one attached hydrogen (secondary N) is 2. The molecule has 2 N–H and O–H groups in total. The van der Waals surface area contributed by atoms with Crippen LogP contribution in [-0.2, 0) is 14.8 Å². The van der Waals surface area contributed by atoms with Gasteiger partial charge in [-0.05, 0) is 43.9 Å². The summed E-state index contributed by atoms with van der Waals surface area (Å²) in [6.07, 6.45) is 2.82. The highest BCUT2D eigenvalue weighted by atomic mass is 32.2. The van der Waals surface area contributed by atoms with Crippen molar-refractivity contribution in [2.75, 3.05) is 25.0 Å². The van der Waals surface area contributed by atoms with Crippen molar-refractivity contribution in [1.82, 2.24) is 9.62 Å². The summed E-state index contributed by atoms with van der Waals surface area (Å²) in [7, 11) is -3.52. The Hall–Kier alpha value is -2.11. The molecule has 2 rings (SSSR count). The molecule has 0 spiro atoms. The van der Waals surface area contributed by atoms with E-state index in [2.05, 4.69) is 16.7 Å². The van der Waals surface area contributed by atoms with E-state index < -0.39 is 15.6 Å². The van der Waals surface area contributed by atoms with Gasteiger partial charge in [0.1, 0.15) is 5.54 Å². The summed E-state index contributed by atoms with van der Waals surface area (Å²) in [6.45, 7) is 6.46. The fraction of sp³-hybridized carbons (Fsp3) is 0.579. The average Bonchev–Trinajstić information content (AvgIpc) is 2.67. The molecular weight excluding hydrogens is 364 g/mol. The standard InChI is InChI=1S/C19H28N4O3S/c1-15(2)19(3,14-20)22-18(24)13-21-16-8-7-9-17(12-16)27(25,26)23-10-5-4-6-11-23/h7-9,12,15,21H,4-6,10-11,13H2,1-3H3,(H,22,24). The van der Waals surface area contributed by atoms with Crippen LogP contribution in [0.4, 0.5) is 5.69 Å². The average molecular weight is 393 g/mol. The summed E-state index contributed by atoms with van der Waals surface area (Å²) >= 11 is 0. The normalized spacial score (nSPS) is 17.7. The van der Waals surface area contributed by atoms with E-state index >= 15 is 0 Å². The van der Waals surface area contributed by atoms with Gasteiger partial charge in [-0.25, -0.2) is 8.42 Å². The van der Waals surface area contributed by atoms with Crippen LogP contribution in [0.1, 0.15) is 40.0 Å². The Balaban J connectivity index is 2.04. The molecule has 1 aromatic rings. The minimum absolute atomic E-state index is 0.0375. The Morgan fingerprint density at radius 1 is 1.30 bits per heavy atom. The van der Waals surface area contributed by atoms with Crippen LogP contribution in [0.5, 0.6) is 0 Å². The summed E-state index contributed by atoms with van der Waals surface area (Å²) in [5, 5.41) is 14.9. The van der Waals surface area contributed by atoms with Gasteiger partial charge in [-0.2, -0.15) is 9.57 Å². The fourth-order valence-electron chi connectivity index (χ4n) is 2.84. The summed E-state index contributed by atoms with van der Waals surface area (Å²) in [5.74, 6) is -0.360. The number of hydrogen-bond acceptors (Lipinski definition) is 5. The molecule has 7 nitrogen and oxygen atoms in total. The molecule has 1 aliphatic rings. The lowest BCUT2D eigenvalue weighted by Gasteiger charge is -2.27. The first kappa shape index (κ1) is 21.2. The van der Waals surface area contributed by atoms with Crippen molar-refractivity contribution in [2.45, 2.75) is 50.5 Å². The van der Waals surface area contributed by atoms with Crippen molar-refractivity contribution >= 4 is 21.6 Å². The molecule has 0 bridgehead atoms. The van der Waals surface area contributed by atoms with E-state index in [-0.39, 0.29) is 23.3 Å². The van der Waals surface area contributed by atoms with Crippen molar-refractivity contribution < 1.29 is 13.2 Å². The van der Waals surface area contributed by atoms with Crippen LogP contribution in [0, 0.1) is 17.2 Å². The fourth-order valence-corrected chi connectivity index (χ4v) is 4.40. The molecule has 0 aliphatic carbocycles. The summed E-state index contributed by atoms with van der Waals surface area (Å²) in [6, 6.07) is 8.62. The summed E-state index contributed by atoms with van der Waals surface area (Å²) < 4.78 is 27.0. The van der Waals surface area contributed by atoms with Crippen LogP contribution in [-0.4, -0.2) is 43.8 Å². The van der Waals surface area contributed by atoms with E-state index in [1.807, 2.05) is 13.8 Å². The monoisotopic (exact) mass is 392 g/mol. The molecule has 148 valence electrons. The first-order valence-corrected chi connectivity index (χ1v) is 10.7. The smallest absolute Gasteiger partial charge is 0.243 e. The van der Waals surface area contributed by atoms with Crippen LogP contribution in [0.15, 0.2) is 29.2 Å². The predicted molar refractivity (Wildman–Crippen MR) is 105 cm³/mol. The molecule has 0 aromatic heterocycles. The number of carbonyl (C=O) groups is 1. The van der Waals surface area contributed by atoms with Gasteiger partial charge >= 0.3 is 0 Å². The second kappa shape index (κ2) is 8.72. The van der Waals surface area contributed by atoms with Crippen LogP contribution < -0.4 is 10.6 Å². The Kier molecular flexibility index (Phi) is 6.84. The maximum absolute atomic E-state index is 12.8. The maximum Gasteiger partial charge on any atom is 0.243 e. The molecule has 1 aromatic carbocycles. The van der Waals surface area contributed by atoms with Crippen LogP contribution >= 0.6 is 0 Å². The van der Waals surface area contributed by atoms with E-state index in [1.165, 1.54) is 4.31 Å². The van der Waals surface area contributed by atoms with Crippen molar-refractivity contribution in [3.05, 3.63) is 24.3 Å². The Labute approximate surface area is 161 Å². The highest BCUT2D eigenvalue weighted by Crippen LogP contribution is 2.23. The molecule has 1 saturated heterocycles. The van der Waals surface area contributed by atoms with Gasteiger partial charge in [-0.3, -0.25) is 4.79 Å². The first-order valence-electron chi connectivity index (χ1n) is 9.25. The zero-order valence-electron chi connectivity index (χ0n) is 16.2. The Morgan fingerprint density at radius 2 is 1.96 bits per heavy atom. The molecule has 1 aliphatic heterocycles. The van der Waals surface area contributed by atoms with Gasteiger partial charge < -0.3 is 10.6 Å². The van der Waals surface area contributed by atoms with Crippen molar-refractivity contribution in [1.29, 1.82) is 5.26 Å². The van der Waals surface area contributed by atoms with Gasteiger partial charge in [-0.1, -0.05) is 26.3 Å². The lowest BCUT2D eigenvalue weighted by atomic mass is 9.90. The molecule has 1 heterocycles. The second-order valence-electron chi connectivity index (χ2n) is 7.36. The third-order valence-electron chi connectivity index (χ3n) is 5.03. The Morgan fingerprint density at radius 3 is 2.56 bits per heavy atom. The molecule has 1 unspecified atom stereocenters. The highest BCUT2D eigenvalue weighted by molar-refractivity contribution is 7.89. The number of carbonyl (C=O) groups excluding carboxylic acids is 1. The minimum Gasteiger partial charge on any atom is -0.376 e. The number of hydrogen-bond donors (Lipinski definition) is 2. The SMILES string of the molecule is CC(C)C(C)(C#N)NC(=O)CNc1cccc(S(=O)(=O)N2CCCCC2)c1. The third kappa shape index (κ3) is 5.21. The number of rotatable bonds is 7. The zero-order valence-corrected chi connectivity index (χ0v) is 17.0. The van der Waals surface area contributed by atoms with Crippen LogP contribution in [0.25, 0.3) is 0 Å². The lowest BCUT2D eigenvalue weighted by molar-refractivity contribution is -0.121. The van der Waals surface area contributed by atoms with Gasteiger partial charge in [-0.15, -0.1) is 0 Å². The third-order valence-corrected chi connectivity index (χ3v) is 6.92. The Bertz CT molecular complexity index is 810. The first-order chi connectivity index (χ1) is 12.7. The van der Waals surface area contributed by atoms with Crippen molar-refractivity contribution in [3.8, 4) is 6.07 Å². The number of sulfonamides is 1. The molecule has 27 heavy (non-hydrogen) atoms. The van der Waals surface area contributed by atoms with Gasteiger partial charge in [0, 0.05) is 18.8 Å². The molecule has 0 radical (unpaired) electrons. The molecule has 1 atom stereocenters. The number of piperidine rings is 1. The largest absolute Gasteiger partial charge is 0.376 e. The topological polar surface area (TPSA) is 102 Å². The van der Waals surface area contributed by atoms with E-state index in [4.69, 9.17) is 0 Å². The molecule has 8 heteroatoms. The van der Waals surface area contributed by atoms with Gasteiger partial charge in [0.25, 0.3) is 0 Å². The summed E-state index contributed by atoms with van der Waals surface area (Å²) in [4.78, 5) is 12.4. The van der Waals surface area contributed by atoms with Crippen LogP contribution in [0.3, 0.4) is 0 Å². The van der Waals surface area contributed by atoms with E-state index in [1.54, 1.807) is 31.2 Å². The van der Waals surface area contributed by atoms with Crippen molar-refractivity contribution in [3.63, 3.8) is 0 Å². The van der Waals surface area contributed by atoms with Crippen molar-refractivity contribution in [2.24, 2.45) is 5.92 Å². The van der Waals surface area contributed by atoms with E-state index in [0.29, 0.717) is 18.8 Å². The molecular formula is C19H28N4O3S. The number of anilines is 1. The summed E-state index contributed by atoms with van der Waals surface area (Å²) in [5.41, 5.74) is -0.399. The lowest BCUT2D eigenvalue weighted by Crippen LogP contribution is -2.50. The minimum atomic E-state index is -3.52. The van der Waals surface area contributed by atoms with Gasteiger partial charge in [0.2, 0.25) is 15.9 Å². The predicted octanol–water partition coefficient (Wildman–Crippen LogP) is 2.33. The number of benzene rings is 1. The van der Waals surface area contributed by atoms with Gasteiger partial charge in [0.05, 0.1) is 17.5 Å². The van der Waals surface area contributed by atoms with Gasteiger partial charge in [0.15, 0.2) is 0 Å². The molecule has 1 fully saturated rings. The quantitative estimate of drug-likeness (QED) is 0.741. The zero-order chi connectivity index (χ0) is 20.1. The number of nitrogens with zero attached hydrogens (tertiary/aromatic N) is 2. The van der Waals surface area contributed by atoms with E-state index in [9.17, 15) is 18.5 Å². The maximum atomic E-state index is 12.8. The van der Waals surface area contributed by atoms with E-state index in [0.717, 1.165) is 19.3 Å². The highest BCUT2D eigenvalue weighted by Gasteiger charge is 2.30.